The minimum atomic E-state index is -2.60. The molecule has 1 aliphatic rings. The van der Waals surface area contributed by atoms with Crippen LogP contribution in [-0.4, -0.2) is 8.07 Å². The maximum Gasteiger partial charge on any atom is -1.00 e. The van der Waals surface area contributed by atoms with E-state index in [1.165, 1.54) is 56.5 Å². The number of rotatable bonds is 13. The van der Waals surface area contributed by atoms with Crippen LogP contribution in [-0.2, 0) is 59.0 Å². The number of benzene rings is 3. The number of halogens is 3. The zero-order valence-corrected chi connectivity index (χ0v) is 32.8. The number of hydrogen-bond donors (Lipinski definition) is 0. The van der Waals surface area contributed by atoms with Gasteiger partial charge in [0.1, 0.15) is 0 Å². The molecule has 0 heterocycles. The van der Waals surface area contributed by atoms with Crippen LogP contribution < -0.4 is 52.8 Å². The molecule has 0 spiro atoms. The van der Waals surface area contributed by atoms with E-state index in [1.807, 2.05) is 0 Å². The van der Waals surface area contributed by atoms with Crippen molar-refractivity contribution in [3.05, 3.63) is 109 Å². The van der Waals surface area contributed by atoms with Gasteiger partial charge < -0.3 is 37.2 Å². The van der Waals surface area contributed by atoms with E-state index in [1.54, 1.807) is 26.3 Å². The predicted molar refractivity (Wildman–Crippen MR) is 180 cm³/mol. The van der Waals surface area contributed by atoms with Crippen LogP contribution in [0.4, 0.5) is 0 Å². The number of unbranched alkanes of at least 4 members (excludes halogenated alkanes) is 1. The molecule has 0 radical (unpaired) electrons. The largest absolute Gasteiger partial charge is 1.00 e. The summed E-state index contributed by atoms with van der Waals surface area (Å²) in [5.41, 5.74) is 10.6. The molecule has 3 aromatic rings. The summed E-state index contributed by atoms with van der Waals surface area (Å²) in [6.45, 7) is 16.3. The topological polar surface area (TPSA) is 0 Å². The van der Waals surface area contributed by atoms with E-state index in [9.17, 15) is 0 Å². The van der Waals surface area contributed by atoms with Gasteiger partial charge in [-0.25, -0.2) is 0 Å². The summed E-state index contributed by atoms with van der Waals surface area (Å²) in [4.78, 5) is 0. The van der Waals surface area contributed by atoms with Crippen molar-refractivity contribution in [3.8, 4) is 0 Å². The van der Waals surface area contributed by atoms with Crippen LogP contribution in [0.5, 0.6) is 0 Å². The molecule has 0 unspecified atom stereocenters. The van der Waals surface area contributed by atoms with Gasteiger partial charge in [0.2, 0.25) is 0 Å². The average molecular weight is 702 g/mol. The van der Waals surface area contributed by atoms with E-state index >= 15 is 0 Å². The molecule has 0 saturated heterocycles. The van der Waals surface area contributed by atoms with E-state index in [-0.39, 0.29) is 37.2 Å². The van der Waals surface area contributed by atoms with Crippen molar-refractivity contribution in [1.29, 1.82) is 0 Å². The van der Waals surface area contributed by atoms with Gasteiger partial charge in [-0.2, -0.15) is 0 Å². The van der Waals surface area contributed by atoms with Gasteiger partial charge >= 0.3 is 265 Å². The second-order valence-electron chi connectivity index (χ2n) is 11.9. The second-order valence-corrected chi connectivity index (χ2v) is 16.5. The Morgan fingerprint density at radius 3 is 1.11 bits per heavy atom. The monoisotopic (exact) mass is 700 g/mol. The zero-order valence-electron chi connectivity index (χ0n) is 28.0. The standard InChI is InChI=1S/C39H51Si.3ClH.Ti/c1-8-15-17-35-18-16-19-39(35)40(36-23-29(9-2)20-30(10-3)24-36,37-25-31(11-4)21-32(12-5)26-37)38-27-33(13-6)22-34(14-7)28-38;;;;/h16,20-28H,8-15,17,19H2,1-7H3;3*1H;/q;;;;+3/p-3. The van der Waals surface area contributed by atoms with E-state index in [0.29, 0.717) is 0 Å². The van der Waals surface area contributed by atoms with E-state index < -0.39 is 8.07 Å². The Hall–Kier alpha value is -1.06. The fourth-order valence-corrected chi connectivity index (χ4v) is 13.2. The molecule has 0 bridgehead atoms. The maximum absolute atomic E-state index is 2.62. The third-order valence-corrected chi connectivity index (χ3v) is 15.0. The molecule has 0 nitrogen and oxygen atoms in total. The molecule has 4 rings (SSSR count). The molecule has 0 saturated carbocycles. The van der Waals surface area contributed by atoms with Gasteiger partial charge in [0, 0.05) is 0 Å². The molecule has 236 valence electrons. The second kappa shape index (κ2) is 18.9. The molecule has 0 N–H and O–H groups in total. The van der Waals surface area contributed by atoms with E-state index in [2.05, 4.69) is 130 Å². The molecule has 0 amide bonds. The molecule has 0 atom stereocenters. The summed E-state index contributed by atoms with van der Waals surface area (Å²) < 4.78 is 1.53. The Morgan fingerprint density at radius 1 is 0.523 bits per heavy atom. The van der Waals surface area contributed by atoms with Gasteiger partial charge in [-0.05, 0) is 0 Å². The van der Waals surface area contributed by atoms with Crippen molar-refractivity contribution in [2.45, 2.75) is 113 Å². The summed E-state index contributed by atoms with van der Waals surface area (Å²) >= 11 is 2.39. The Balaban J connectivity index is 0.00000323. The van der Waals surface area contributed by atoms with Gasteiger partial charge in [-0.15, -0.1) is 0 Å². The number of aryl methyl sites for hydroxylation is 6. The van der Waals surface area contributed by atoms with Crippen LogP contribution >= 0.6 is 0 Å². The van der Waals surface area contributed by atoms with Gasteiger partial charge in [0.15, 0.2) is 0 Å². The third kappa shape index (κ3) is 8.45. The normalized spacial score (nSPS) is 12.8. The first-order valence-electron chi connectivity index (χ1n) is 16.4. The summed E-state index contributed by atoms with van der Waals surface area (Å²) in [5.74, 6) is 0. The average Bonchev–Trinajstić information content (AvgIpc) is 3.39. The fraction of sp³-hybridized carbons (Fsp3) is 0.436. The molecule has 3 aromatic carbocycles. The maximum atomic E-state index is 2.62. The van der Waals surface area contributed by atoms with Gasteiger partial charge in [0.05, 0.1) is 0 Å². The Morgan fingerprint density at radius 2 is 0.841 bits per heavy atom. The van der Waals surface area contributed by atoms with E-state index in [0.717, 1.165) is 44.9 Å². The van der Waals surface area contributed by atoms with Gasteiger partial charge in [-0.1, -0.05) is 0 Å². The van der Waals surface area contributed by atoms with Crippen molar-refractivity contribution in [2.75, 3.05) is 0 Å². The first-order valence-corrected chi connectivity index (χ1v) is 19.2. The Bertz CT molecular complexity index is 1240. The number of hydrogen-bond acceptors (Lipinski definition) is 0. The van der Waals surface area contributed by atoms with Crippen LogP contribution in [0.15, 0.2) is 75.3 Å². The quantitative estimate of drug-likeness (QED) is 0.165. The van der Waals surface area contributed by atoms with Crippen molar-refractivity contribution in [2.24, 2.45) is 0 Å². The smallest absolute Gasteiger partial charge is 1.00 e. The minimum absolute atomic E-state index is 0. The van der Waals surface area contributed by atoms with Crippen LogP contribution in [0.25, 0.3) is 0 Å². The molecule has 5 heteroatoms. The van der Waals surface area contributed by atoms with Crippen LogP contribution in [0, 0.1) is 0 Å². The molecule has 0 fully saturated rings. The molecule has 1 aliphatic carbocycles. The Labute approximate surface area is 300 Å². The van der Waals surface area contributed by atoms with Crippen LogP contribution in [0.1, 0.15) is 108 Å². The number of allylic oxidation sites excluding steroid dienone is 4. The molecular formula is C39H51Cl3SiTi. The van der Waals surface area contributed by atoms with Crippen molar-refractivity contribution >= 4 is 23.6 Å². The summed E-state index contributed by atoms with van der Waals surface area (Å²) in [6.07, 6.45) is 13.8. The van der Waals surface area contributed by atoms with Crippen molar-refractivity contribution < 1.29 is 57.7 Å². The summed E-state index contributed by atoms with van der Waals surface area (Å²) in [7, 11) is -2.60. The molecule has 0 aromatic heterocycles. The van der Waals surface area contributed by atoms with Crippen molar-refractivity contribution in [3.63, 3.8) is 0 Å². The van der Waals surface area contributed by atoms with Gasteiger partial charge in [-0.3, -0.25) is 0 Å². The zero-order chi connectivity index (χ0) is 29.6. The fourth-order valence-electron chi connectivity index (χ4n) is 6.82. The Kier molecular flexibility index (Phi) is 17.6. The van der Waals surface area contributed by atoms with Gasteiger partial charge in [0.25, 0.3) is 0 Å². The first-order chi connectivity index (χ1) is 19.9. The SMILES string of the molecule is CCCCC1=C([Si](c2cc(CC)cc(CC)c2)(c2cc(CC)cc(CC)c2)c2cc(CC)cc(CC)c2)CC=[C]1[Ti+3].[Cl-].[Cl-].[Cl-]. The third-order valence-electron chi connectivity index (χ3n) is 9.34. The molecular weight excluding hydrogens is 651 g/mol. The minimum Gasteiger partial charge on any atom is -1.00 e. The molecule has 0 aliphatic heterocycles. The predicted octanol–water partition coefficient (Wildman–Crippen LogP) is -0.596. The summed E-state index contributed by atoms with van der Waals surface area (Å²) in [6, 6.07) is 23.1. The molecule has 44 heavy (non-hydrogen) atoms. The van der Waals surface area contributed by atoms with Crippen LogP contribution in [0.2, 0.25) is 0 Å². The van der Waals surface area contributed by atoms with E-state index in [4.69, 9.17) is 0 Å². The van der Waals surface area contributed by atoms with Crippen LogP contribution in [0.3, 0.4) is 0 Å². The summed E-state index contributed by atoms with van der Waals surface area (Å²) in [5, 5.41) is 6.56. The first kappa shape index (κ1) is 41.0. The van der Waals surface area contributed by atoms with Crippen molar-refractivity contribution in [1.82, 2.24) is 0 Å².